The summed E-state index contributed by atoms with van der Waals surface area (Å²) in [6, 6.07) is 18.1. The van der Waals surface area contributed by atoms with Crippen molar-refractivity contribution in [1.29, 1.82) is 0 Å². The van der Waals surface area contributed by atoms with Crippen molar-refractivity contribution in [3.05, 3.63) is 94.7 Å². The number of carbonyl (C=O) groups excluding carboxylic acids is 1. The summed E-state index contributed by atoms with van der Waals surface area (Å²) in [5.74, 6) is 0.179. The number of methoxy groups -OCH3 is 1. The van der Waals surface area contributed by atoms with Crippen molar-refractivity contribution in [3.8, 4) is 0 Å². The Kier molecular flexibility index (Phi) is 5.04. The smallest absolute Gasteiger partial charge is 0.343 e. The molecule has 2 aromatic carbocycles. The monoisotopic (exact) mass is 385 g/mol. The highest BCUT2D eigenvalue weighted by molar-refractivity contribution is 6.18. The second-order valence-corrected chi connectivity index (χ2v) is 7.00. The van der Waals surface area contributed by atoms with E-state index in [-0.39, 0.29) is 0 Å². The topological polar surface area (TPSA) is 56.1 Å². The van der Waals surface area contributed by atoms with E-state index in [1.165, 1.54) is 7.11 Å². The lowest BCUT2D eigenvalue weighted by Crippen LogP contribution is -2.17. The summed E-state index contributed by atoms with van der Waals surface area (Å²) in [6.45, 7) is 4.60. The quantitative estimate of drug-likeness (QED) is 0.528. The van der Waals surface area contributed by atoms with Crippen LogP contribution in [0.1, 0.15) is 28.3 Å². The van der Waals surface area contributed by atoms with E-state index in [1.807, 2.05) is 68.5 Å². The van der Waals surface area contributed by atoms with Crippen LogP contribution in [0.15, 0.2) is 66.4 Å². The van der Waals surface area contributed by atoms with E-state index in [4.69, 9.17) is 9.72 Å². The molecule has 29 heavy (non-hydrogen) atoms. The number of carbonyl (C=O) groups is 1. The molecule has 0 fully saturated rings. The van der Waals surface area contributed by atoms with Crippen LogP contribution in [0.25, 0.3) is 11.6 Å². The highest BCUT2D eigenvalue weighted by atomic mass is 16.5. The van der Waals surface area contributed by atoms with Gasteiger partial charge in [-0.25, -0.2) is 9.78 Å². The SMILES string of the molecule is COC(=O)/C(=C1\C=Cc2ccccc2N1)c1nc(C)c(C)n1Cc1ccccc1. The fourth-order valence-electron chi connectivity index (χ4n) is 3.49. The lowest BCUT2D eigenvalue weighted by molar-refractivity contribution is -0.133. The van der Waals surface area contributed by atoms with Gasteiger partial charge < -0.3 is 14.6 Å². The molecule has 0 radical (unpaired) electrons. The molecule has 0 saturated heterocycles. The minimum absolute atomic E-state index is 0.421. The predicted octanol–water partition coefficient (Wildman–Crippen LogP) is 4.57. The summed E-state index contributed by atoms with van der Waals surface area (Å²) in [5, 5.41) is 3.37. The summed E-state index contributed by atoms with van der Waals surface area (Å²) >= 11 is 0. The Morgan fingerprint density at radius 3 is 2.52 bits per heavy atom. The number of para-hydroxylation sites is 1. The molecule has 4 rings (SSSR count). The van der Waals surface area contributed by atoms with E-state index in [2.05, 4.69) is 22.0 Å². The lowest BCUT2D eigenvalue weighted by Gasteiger charge is -2.19. The maximum Gasteiger partial charge on any atom is 0.343 e. The van der Waals surface area contributed by atoms with E-state index < -0.39 is 5.97 Å². The van der Waals surface area contributed by atoms with Gasteiger partial charge in [-0.1, -0.05) is 54.6 Å². The maximum absolute atomic E-state index is 12.8. The van der Waals surface area contributed by atoms with Gasteiger partial charge >= 0.3 is 5.97 Å². The van der Waals surface area contributed by atoms with E-state index in [9.17, 15) is 4.79 Å². The fraction of sp³-hybridized carbons (Fsp3) is 0.167. The average molecular weight is 385 g/mol. The van der Waals surface area contributed by atoms with Crippen LogP contribution in [0.3, 0.4) is 0 Å². The van der Waals surface area contributed by atoms with Crippen LogP contribution in [0.4, 0.5) is 5.69 Å². The molecule has 1 N–H and O–H groups in total. The minimum Gasteiger partial charge on any atom is -0.465 e. The molecule has 0 atom stereocenters. The minimum atomic E-state index is -0.421. The van der Waals surface area contributed by atoms with Crippen molar-refractivity contribution in [1.82, 2.24) is 9.55 Å². The first-order chi connectivity index (χ1) is 14.1. The van der Waals surface area contributed by atoms with Crippen molar-refractivity contribution in [2.45, 2.75) is 20.4 Å². The van der Waals surface area contributed by atoms with Gasteiger partial charge in [-0.15, -0.1) is 0 Å². The number of anilines is 1. The first-order valence-electron chi connectivity index (χ1n) is 9.53. The highest BCUT2D eigenvalue weighted by Crippen LogP contribution is 2.30. The fourth-order valence-corrected chi connectivity index (χ4v) is 3.49. The molecule has 5 heteroatoms. The molecular weight excluding hydrogens is 362 g/mol. The molecule has 1 aliphatic rings. The first-order valence-corrected chi connectivity index (χ1v) is 9.53. The van der Waals surface area contributed by atoms with Crippen LogP contribution in [0.5, 0.6) is 0 Å². The van der Waals surface area contributed by atoms with E-state index in [0.717, 1.165) is 28.2 Å². The number of nitrogens with one attached hydrogen (secondary N) is 1. The van der Waals surface area contributed by atoms with Crippen LogP contribution < -0.4 is 5.32 Å². The molecule has 146 valence electrons. The Morgan fingerprint density at radius 1 is 1.03 bits per heavy atom. The van der Waals surface area contributed by atoms with Gasteiger partial charge in [-0.3, -0.25) is 0 Å². The molecule has 0 spiro atoms. The number of esters is 1. The van der Waals surface area contributed by atoms with Crippen molar-refractivity contribution in [2.24, 2.45) is 0 Å². The molecule has 0 unspecified atom stereocenters. The second kappa shape index (κ2) is 7.80. The molecule has 5 nitrogen and oxygen atoms in total. The summed E-state index contributed by atoms with van der Waals surface area (Å²) in [5.41, 5.74) is 6.16. The van der Waals surface area contributed by atoms with Crippen molar-refractivity contribution in [3.63, 3.8) is 0 Å². The van der Waals surface area contributed by atoms with Gasteiger partial charge in [-0.05, 0) is 37.1 Å². The summed E-state index contributed by atoms with van der Waals surface area (Å²) in [7, 11) is 1.40. The normalized spacial score (nSPS) is 14.2. The van der Waals surface area contributed by atoms with Crippen LogP contribution in [-0.4, -0.2) is 22.6 Å². The van der Waals surface area contributed by atoms with Crippen LogP contribution in [-0.2, 0) is 16.1 Å². The maximum atomic E-state index is 12.8. The molecule has 0 amide bonds. The third-order valence-electron chi connectivity index (χ3n) is 5.18. The number of imidazole rings is 1. The Hall–Kier alpha value is -3.60. The van der Waals surface area contributed by atoms with Gasteiger partial charge in [0.05, 0.1) is 18.5 Å². The number of nitrogens with zero attached hydrogens (tertiary/aromatic N) is 2. The van der Waals surface area contributed by atoms with Crippen LogP contribution in [0, 0.1) is 13.8 Å². The van der Waals surface area contributed by atoms with Crippen molar-refractivity contribution >= 4 is 23.3 Å². The molecule has 2 heterocycles. The van der Waals surface area contributed by atoms with Gasteiger partial charge in [0.25, 0.3) is 0 Å². The number of rotatable bonds is 4. The number of ether oxygens (including phenoxy) is 1. The van der Waals surface area contributed by atoms with Crippen molar-refractivity contribution in [2.75, 3.05) is 12.4 Å². The van der Waals surface area contributed by atoms with E-state index >= 15 is 0 Å². The Balaban J connectivity index is 1.86. The number of aromatic nitrogens is 2. The van der Waals surface area contributed by atoms with Crippen LogP contribution in [0.2, 0.25) is 0 Å². The number of fused-ring (bicyclic) bond motifs is 1. The van der Waals surface area contributed by atoms with Crippen LogP contribution >= 0.6 is 0 Å². The largest absolute Gasteiger partial charge is 0.465 e. The lowest BCUT2D eigenvalue weighted by atomic mass is 10.0. The number of aryl methyl sites for hydroxylation is 1. The Bertz CT molecular complexity index is 1120. The number of benzene rings is 2. The summed E-state index contributed by atoms with van der Waals surface area (Å²) in [6.07, 6.45) is 3.90. The molecule has 1 aromatic heterocycles. The standard InChI is InChI=1S/C24H23N3O2/c1-16-17(2)27(15-18-9-5-4-6-10-18)23(25-16)22(24(28)29-3)21-14-13-19-11-7-8-12-20(19)26-21/h4-14,26H,15H2,1-3H3/b22-21+. The van der Waals surface area contributed by atoms with Crippen molar-refractivity contribution < 1.29 is 9.53 Å². The number of hydrogen-bond donors (Lipinski definition) is 1. The zero-order valence-corrected chi connectivity index (χ0v) is 16.8. The summed E-state index contributed by atoms with van der Waals surface area (Å²) < 4.78 is 7.21. The third kappa shape index (κ3) is 3.59. The van der Waals surface area contributed by atoms with E-state index in [0.29, 0.717) is 23.6 Å². The van der Waals surface area contributed by atoms with Gasteiger partial charge in [0.1, 0.15) is 11.4 Å². The van der Waals surface area contributed by atoms with Gasteiger partial charge in [0.2, 0.25) is 0 Å². The molecule has 1 aliphatic heterocycles. The average Bonchev–Trinajstić information content (AvgIpc) is 3.02. The molecule has 0 saturated carbocycles. The van der Waals surface area contributed by atoms with Gasteiger partial charge in [-0.2, -0.15) is 0 Å². The highest BCUT2D eigenvalue weighted by Gasteiger charge is 2.26. The predicted molar refractivity (Wildman–Crippen MR) is 115 cm³/mol. The first kappa shape index (κ1) is 18.7. The number of allylic oxidation sites excluding steroid dienone is 1. The second-order valence-electron chi connectivity index (χ2n) is 7.00. The molecular formula is C24H23N3O2. The van der Waals surface area contributed by atoms with E-state index in [1.54, 1.807) is 0 Å². The third-order valence-corrected chi connectivity index (χ3v) is 5.18. The molecule has 0 bridgehead atoms. The zero-order valence-electron chi connectivity index (χ0n) is 16.8. The Labute approximate surface area is 170 Å². The summed E-state index contributed by atoms with van der Waals surface area (Å²) in [4.78, 5) is 17.6. The Morgan fingerprint density at radius 2 is 1.76 bits per heavy atom. The van der Waals surface area contributed by atoms with Gasteiger partial charge in [0, 0.05) is 17.9 Å². The molecule has 3 aromatic rings. The molecule has 0 aliphatic carbocycles. The zero-order chi connectivity index (χ0) is 20.4. The number of hydrogen-bond acceptors (Lipinski definition) is 4. The van der Waals surface area contributed by atoms with Gasteiger partial charge in [0.15, 0.2) is 0 Å².